The van der Waals surface area contributed by atoms with Gasteiger partial charge in [0.15, 0.2) is 0 Å². The van der Waals surface area contributed by atoms with Gasteiger partial charge in [0.1, 0.15) is 30.1 Å². The zero-order valence-corrected chi connectivity index (χ0v) is 16.0. The van der Waals surface area contributed by atoms with Crippen molar-refractivity contribution in [2.24, 2.45) is 0 Å². The molecule has 2 aromatic rings. The number of fused-ring (bicyclic) bond motifs is 1. The highest BCUT2D eigenvalue weighted by molar-refractivity contribution is 9.10. The van der Waals surface area contributed by atoms with Crippen LogP contribution in [-0.4, -0.2) is 63.5 Å². The van der Waals surface area contributed by atoms with Gasteiger partial charge in [0.25, 0.3) is 0 Å². The molecule has 1 aliphatic rings. The standard InChI is InChI=1S/C16H18BrClN2O6/c1-6(22)20-13-15(24)14(23)10(5-21)26-16(13)25-9-4-19-8-3-2-7(17)12(18)11(8)9/h2-4,10,13-16,19,21,23-24H,5H2,1H3,(H,20,22)/t10-,13+,14-,15-,16+/m1/s1. The Morgan fingerprint density at radius 3 is 2.81 bits per heavy atom. The maximum atomic E-state index is 11.5. The number of hydrogen-bond acceptors (Lipinski definition) is 6. The van der Waals surface area contributed by atoms with Crippen LogP contribution in [0.5, 0.6) is 5.75 Å². The van der Waals surface area contributed by atoms with Gasteiger partial charge in [-0.15, -0.1) is 0 Å². The molecule has 5 atom stereocenters. The van der Waals surface area contributed by atoms with Gasteiger partial charge in [0.2, 0.25) is 12.2 Å². The van der Waals surface area contributed by atoms with E-state index in [1.54, 1.807) is 18.3 Å². The van der Waals surface area contributed by atoms with Crippen LogP contribution in [-0.2, 0) is 9.53 Å². The highest BCUT2D eigenvalue weighted by atomic mass is 79.9. The van der Waals surface area contributed by atoms with Crippen molar-refractivity contribution in [3.05, 3.63) is 27.8 Å². The molecule has 0 bridgehead atoms. The highest BCUT2D eigenvalue weighted by Gasteiger charge is 2.46. The number of amides is 1. The Balaban J connectivity index is 1.95. The summed E-state index contributed by atoms with van der Waals surface area (Å²) in [7, 11) is 0. The quantitative estimate of drug-likeness (QED) is 0.473. The summed E-state index contributed by atoms with van der Waals surface area (Å²) in [5.41, 5.74) is 0.722. The molecule has 26 heavy (non-hydrogen) atoms. The van der Waals surface area contributed by atoms with Crippen molar-refractivity contribution in [2.75, 3.05) is 6.61 Å². The van der Waals surface area contributed by atoms with Gasteiger partial charge in [-0.3, -0.25) is 4.79 Å². The lowest BCUT2D eigenvalue weighted by Gasteiger charge is -2.41. The van der Waals surface area contributed by atoms with Gasteiger partial charge in [-0.1, -0.05) is 11.6 Å². The molecule has 10 heteroatoms. The van der Waals surface area contributed by atoms with Crippen molar-refractivity contribution in [1.29, 1.82) is 0 Å². The van der Waals surface area contributed by atoms with Gasteiger partial charge in [-0.2, -0.15) is 0 Å². The smallest absolute Gasteiger partial charge is 0.223 e. The maximum Gasteiger partial charge on any atom is 0.223 e. The number of aromatic amines is 1. The molecule has 142 valence electrons. The highest BCUT2D eigenvalue weighted by Crippen LogP contribution is 2.38. The largest absolute Gasteiger partial charge is 0.460 e. The predicted molar refractivity (Wildman–Crippen MR) is 97.0 cm³/mol. The number of aliphatic hydroxyl groups excluding tert-OH is 3. The van der Waals surface area contributed by atoms with E-state index >= 15 is 0 Å². The number of rotatable bonds is 4. The molecule has 8 nitrogen and oxygen atoms in total. The molecule has 3 rings (SSSR count). The second-order valence-electron chi connectivity index (χ2n) is 5.99. The molecule has 0 saturated carbocycles. The molecule has 1 aromatic carbocycles. The SMILES string of the molecule is CC(=O)N[C@@H]1[C@@H](Oc2c[nH]c3ccc(Br)c(Cl)c23)O[C@H](CO)[C@@H](O)[C@@H]1O. The van der Waals surface area contributed by atoms with E-state index in [4.69, 9.17) is 21.1 Å². The number of carbonyl (C=O) groups excluding carboxylic acids is 1. The lowest BCUT2D eigenvalue weighted by atomic mass is 9.97. The van der Waals surface area contributed by atoms with E-state index in [0.29, 0.717) is 20.6 Å². The summed E-state index contributed by atoms with van der Waals surface area (Å²) >= 11 is 9.68. The number of H-pyrrole nitrogens is 1. The van der Waals surface area contributed by atoms with Crippen molar-refractivity contribution in [3.63, 3.8) is 0 Å². The van der Waals surface area contributed by atoms with Crippen molar-refractivity contribution in [1.82, 2.24) is 10.3 Å². The van der Waals surface area contributed by atoms with Gasteiger partial charge in [0, 0.05) is 17.6 Å². The first-order valence-electron chi connectivity index (χ1n) is 7.84. The summed E-state index contributed by atoms with van der Waals surface area (Å²) in [4.78, 5) is 14.5. The fourth-order valence-electron chi connectivity index (χ4n) is 2.92. The zero-order valence-electron chi connectivity index (χ0n) is 13.6. The fraction of sp³-hybridized carbons (Fsp3) is 0.438. The molecular weight excluding hydrogens is 432 g/mol. The molecule has 2 heterocycles. The molecule has 1 aliphatic heterocycles. The van der Waals surface area contributed by atoms with Gasteiger partial charge in [0.05, 0.1) is 22.5 Å². The Morgan fingerprint density at radius 2 is 2.15 bits per heavy atom. The summed E-state index contributed by atoms with van der Waals surface area (Å²) in [6.07, 6.45) is -3.40. The molecule has 0 unspecified atom stereocenters. The Kier molecular flexibility index (Phi) is 5.75. The average molecular weight is 450 g/mol. The molecular formula is C16H18BrClN2O6. The Morgan fingerprint density at radius 1 is 1.42 bits per heavy atom. The summed E-state index contributed by atoms with van der Waals surface area (Å²) in [6, 6.07) is 2.55. The summed E-state index contributed by atoms with van der Waals surface area (Å²) in [6.45, 7) is 0.749. The Hall–Kier alpha value is -1.36. The maximum absolute atomic E-state index is 11.5. The van der Waals surface area contributed by atoms with E-state index in [0.717, 1.165) is 5.52 Å². The minimum atomic E-state index is -1.39. The van der Waals surface area contributed by atoms with E-state index in [1.165, 1.54) is 6.92 Å². The van der Waals surface area contributed by atoms with Gasteiger partial charge in [-0.05, 0) is 28.1 Å². The fourth-order valence-corrected chi connectivity index (χ4v) is 3.50. The van der Waals surface area contributed by atoms with E-state index < -0.39 is 43.2 Å². The van der Waals surface area contributed by atoms with Crippen LogP contribution in [0.3, 0.4) is 0 Å². The molecule has 5 N–H and O–H groups in total. The van der Waals surface area contributed by atoms with Crippen molar-refractivity contribution in [3.8, 4) is 5.75 Å². The third-order valence-corrected chi connectivity index (χ3v) is 5.48. The molecule has 1 amide bonds. The second kappa shape index (κ2) is 7.71. The first kappa shape index (κ1) is 19.4. The Bertz CT molecular complexity index is 815. The van der Waals surface area contributed by atoms with Crippen molar-refractivity contribution < 1.29 is 29.6 Å². The lowest BCUT2D eigenvalue weighted by molar-refractivity contribution is -0.244. The van der Waals surface area contributed by atoms with Crippen LogP contribution in [0.2, 0.25) is 5.02 Å². The predicted octanol–water partition coefficient (Wildman–Crippen LogP) is 0.906. The average Bonchev–Trinajstić information content (AvgIpc) is 3.01. The molecule has 0 aliphatic carbocycles. The van der Waals surface area contributed by atoms with Crippen molar-refractivity contribution >= 4 is 44.3 Å². The summed E-state index contributed by atoms with van der Waals surface area (Å²) < 4.78 is 12.1. The van der Waals surface area contributed by atoms with E-state index in [9.17, 15) is 20.1 Å². The van der Waals surface area contributed by atoms with Gasteiger partial charge < -0.3 is 35.1 Å². The number of aromatic nitrogens is 1. The molecule has 1 saturated heterocycles. The number of nitrogens with one attached hydrogen (secondary N) is 2. The minimum absolute atomic E-state index is 0.340. The monoisotopic (exact) mass is 448 g/mol. The summed E-state index contributed by atoms with van der Waals surface area (Å²) in [5.74, 6) is -0.0902. The van der Waals surface area contributed by atoms with Gasteiger partial charge >= 0.3 is 0 Å². The normalized spacial score (nSPS) is 28.9. The zero-order chi connectivity index (χ0) is 19.0. The van der Waals surface area contributed by atoms with Gasteiger partial charge in [-0.25, -0.2) is 0 Å². The van der Waals surface area contributed by atoms with E-state index in [2.05, 4.69) is 26.2 Å². The summed E-state index contributed by atoms with van der Waals surface area (Å²) in [5, 5.41) is 33.3. The minimum Gasteiger partial charge on any atom is -0.460 e. The lowest BCUT2D eigenvalue weighted by Crippen LogP contribution is -2.65. The third kappa shape index (κ3) is 3.55. The van der Waals surface area contributed by atoms with Crippen LogP contribution in [0.4, 0.5) is 0 Å². The number of aliphatic hydroxyl groups is 3. The number of halogens is 2. The van der Waals surface area contributed by atoms with Crippen LogP contribution in [0.15, 0.2) is 22.8 Å². The van der Waals surface area contributed by atoms with Crippen LogP contribution in [0, 0.1) is 0 Å². The van der Waals surface area contributed by atoms with Crippen LogP contribution in [0.1, 0.15) is 6.92 Å². The number of hydrogen-bond donors (Lipinski definition) is 5. The number of benzene rings is 1. The molecule has 1 aromatic heterocycles. The number of ether oxygens (including phenoxy) is 2. The van der Waals surface area contributed by atoms with Crippen LogP contribution >= 0.6 is 27.5 Å². The number of carbonyl (C=O) groups is 1. The molecule has 1 fully saturated rings. The second-order valence-corrected chi connectivity index (χ2v) is 7.22. The molecule has 0 radical (unpaired) electrons. The van der Waals surface area contributed by atoms with E-state index in [1.807, 2.05) is 0 Å². The van der Waals surface area contributed by atoms with Crippen LogP contribution < -0.4 is 10.1 Å². The Labute approximate surface area is 162 Å². The topological polar surface area (TPSA) is 124 Å². The molecule has 0 spiro atoms. The van der Waals surface area contributed by atoms with Crippen molar-refractivity contribution in [2.45, 2.75) is 37.6 Å². The van der Waals surface area contributed by atoms with Crippen LogP contribution in [0.25, 0.3) is 10.9 Å². The first-order valence-corrected chi connectivity index (χ1v) is 9.02. The third-order valence-electron chi connectivity index (χ3n) is 4.19. The first-order chi connectivity index (χ1) is 12.3. The van der Waals surface area contributed by atoms with E-state index in [-0.39, 0.29) is 0 Å².